The summed E-state index contributed by atoms with van der Waals surface area (Å²) >= 11 is 3.26. The van der Waals surface area contributed by atoms with Crippen molar-refractivity contribution < 1.29 is 13.5 Å². The molecule has 2 heterocycles. The Balaban J connectivity index is 1.84. The van der Waals surface area contributed by atoms with Crippen LogP contribution in [0.4, 0.5) is 10.1 Å². The highest BCUT2D eigenvalue weighted by atomic mass is 79.9. The Labute approximate surface area is 145 Å². The zero-order valence-corrected chi connectivity index (χ0v) is 14.4. The number of halogens is 2. The maximum Gasteiger partial charge on any atom is 0.336 e. The van der Waals surface area contributed by atoms with E-state index in [1.807, 2.05) is 19.1 Å². The normalized spacial score (nSPS) is 13.7. The highest BCUT2D eigenvalue weighted by Crippen LogP contribution is 2.35. The van der Waals surface area contributed by atoms with Crippen molar-refractivity contribution in [2.45, 2.75) is 13.5 Å². The fourth-order valence-electron chi connectivity index (χ4n) is 2.98. The van der Waals surface area contributed by atoms with E-state index in [-0.39, 0.29) is 12.5 Å². The van der Waals surface area contributed by atoms with Gasteiger partial charge in [0.2, 0.25) is 0 Å². The van der Waals surface area contributed by atoms with E-state index in [0.29, 0.717) is 28.0 Å². The number of fused-ring (bicyclic) bond motifs is 3. The van der Waals surface area contributed by atoms with Gasteiger partial charge in [0.05, 0.1) is 17.8 Å². The molecule has 0 bridgehead atoms. The molecular formula is C18H13BrFNO3. The van der Waals surface area contributed by atoms with E-state index in [1.54, 1.807) is 17.0 Å². The molecule has 0 saturated heterocycles. The minimum atomic E-state index is -0.402. The van der Waals surface area contributed by atoms with E-state index < -0.39 is 5.63 Å². The molecule has 24 heavy (non-hydrogen) atoms. The van der Waals surface area contributed by atoms with Crippen LogP contribution in [0.2, 0.25) is 0 Å². The first-order valence-corrected chi connectivity index (χ1v) is 8.21. The summed E-state index contributed by atoms with van der Waals surface area (Å²) in [6.07, 6.45) is 0. The molecule has 0 saturated carbocycles. The van der Waals surface area contributed by atoms with Gasteiger partial charge in [0, 0.05) is 15.9 Å². The second-order valence-electron chi connectivity index (χ2n) is 5.73. The van der Waals surface area contributed by atoms with Crippen LogP contribution in [-0.4, -0.2) is 6.73 Å². The number of aryl methyl sites for hydroxylation is 1. The van der Waals surface area contributed by atoms with Crippen LogP contribution in [0.3, 0.4) is 0 Å². The second-order valence-corrected chi connectivity index (χ2v) is 6.65. The van der Waals surface area contributed by atoms with Crippen LogP contribution in [-0.2, 0) is 6.54 Å². The average molecular weight is 390 g/mol. The van der Waals surface area contributed by atoms with E-state index in [2.05, 4.69) is 15.9 Å². The van der Waals surface area contributed by atoms with Crippen molar-refractivity contribution in [1.29, 1.82) is 0 Å². The number of hydrogen-bond acceptors (Lipinski definition) is 4. The van der Waals surface area contributed by atoms with E-state index in [0.717, 1.165) is 16.5 Å². The lowest BCUT2D eigenvalue weighted by molar-refractivity contribution is 0.287. The molecule has 1 aliphatic heterocycles. The topological polar surface area (TPSA) is 42.7 Å². The SMILES string of the molecule is Cc1cc(=O)oc2c3c(ccc12)OCN(c1ccc(Br)cc1F)C3. The van der Waals surface area contributed by atoms with Gasteiger partial charge in [0.1, 0.15) is 17.1 Å². The number of anilines is 1. The largest absolute Gasteiger partial charge is 0.473 e. The van der Waals surface area contributed by atoms with Crippen molar-refractivity contribution in [3.63, 3.8) is 0 Å². The van der Waals surface area contributed by atoms with E-state index in [1.165, 1.54) is 12.1 Å². The van der Waals surface area contributed by atoms with Crippen molar-refractivity contribution in [3.05, 3.63) is 68.2 Å². The van der Waals surface area contributed by atoms with Crippen molar-refractivity contribution in [1.82, 2.24) is 0 Å². The Morgan fingerprint density at radius 1 is 1.21 bits per heavy atom. The Morgan fingerprint density at radius 3 is 2.83 bits per heavy atom. The number of hydrogen-bond donors (Lipinski definition) is 0. The van der Waals surface area contributed by atoms with Crippen molar-refractivity contribution in [2.75, 3.05) is 11.6 Å². The smallest absolute Gasteiger partial charge is 0.336 e. The molecule has 3 aromatic rings. The molecule has 0 radical (unpaired) electrons. The third kappa shape index (κ3) is 2.47. The lowest BCUT2D eigenvalue weighted by Gasteiger charge is -2.31. The van der Waals surface area contributed by atoms with Crippen molar-refractivity contribution in [3.8, 4) is 5.75 Å². The molecule has 0 atom stereocenters. The highest BCUT2D eigenvalue weighted by Gasteiger charge is 2.23. The highest BCUT2D eigenvalue weighted by molar-refractivity contribution is 9.10. The van der Waals surface area contributed by atoms with Crippen LogP contribution in [0.15, 0.2) is 50.1 Å². The molecule has 0 amide bonds. The van der Waals surface area contributed by atoms with Gasteiger partial charge >= 0.3 is 5.63 Å². The quantitative estimate of drug-likeness (QED) is 0.580. The average Bonchev–Trinajstić information content (AvgIpc) is 2.54. The fourth-order valence-corrected chi connectivity index (χ4v) is 3.32. The zero-order chi connectivity index (χ0) is 16.8. The van der Waals surface area contributed by atoms with Crippen LogP contribution in [0.1, 0.15) is 11.1 Å². The summed E-state index contributed by atoms with van der Waals surface area (Å²) in [6, 6.07) is 10.1. The van der Waals surface area contributed by atoms with Crippen LogP contribution in [0.5, 0.6) is 5.75 Å². The van der Waals surface area contributed by atoms with Gasteiger partial charge in [-0.1, -0.05) is 15.9 Å². The van der Waals surface area contributed by atoms with Crippen molar-refractivity contribution in [2.24, 2.45) is 0 Å². The molecule has 0 spiro atoms. The monoisotopic (exact) mass is 389 g/mol. The molecule has 0 unspecified atom stereocenters. The van der Waals surface area contributed by atoms with Gasteiger partial charge < -0.3 is 14.1 Å². The molecule has 0 aliphatic carbocycles. The summed E-state index contributed by atoms with van der Waals surface area (Å²) in [5.74, 6) is 0.319. The lowest BCUT2D eigenvalue weighted by atomic mass is 10.0. The number of ether oxygens (including phenoxy) is 1. The summed E-state index contributed by atoms with van der Waals surface area (Å²) in [6.45, 7) is 2.49. The van der Waals surface area contributed by atoms with Gasteiger partial charge in [-0.15, -0.1) is 0 Å². The van der Waals surface area contributed by atoms with Gasteiger partial charge in [0.15, 0.2) is 6.73 Å². The Kier molecular flexibility index (Phi) is 3.57. The summed E-state index contributed by atoms with van der Waals surface area (Å²) in [5.41, 5.74) is 2.13. The van der Waals surface area contributed by atoms with E-state index in [4.69, 9.17) is 9.15 Å². The maximum absolute atomic E-state index is 14.3. The predicted octanol–water partition coefficient (Wildman–Crippen LogP) is 4.36. The van der Waals surface area contributed by atoms with Crippen LogP contribution >= 0.6 is 15.9 Å². The molecule has 122 valence electrons. The third-order valence-corrected chi connectivity index (χ3v) is 4.65. The molecular weight excluding hydrogens is 377 g/mol. The molecule has 0 fully saturated rings. The molecule has 1 aromatic heterocycles. The van der Waals surface area contributed by atoms with Gasteiger partial charge in [-0.25, -0.2) is 9.18 Å². The lowest BCUT2D eigenvalue weighted by Crippen LogP contribution is -2.32. The molecule has 4 nitrogen and oxygen atoms in total. The van der Waals surface area contributed by atoms with Crippen LogP contribution in [0.25, 0.3) is 11.0 Å². The molecule has 1 aliphatic rings. The summed E-state index contributed by atoms with van der Waals surface area (Å²) in [7, 11) is 0. The molecule has 6 heteroatoms. The Morgan fingerprint density at radius 2 is 2.04 bits per heavy atom. The third-order valence-electron chi connectivity index (χ3n) is 4.15. The van der Waals surface area contributed by atoms with Gasteiger partial charge in [0.25, 0.3) is 0 Å². The summed E-state index contributed by atoms with van der Waals surface area (Å²) in [4.78, 5) is 13.5. The Hall–Kier alpha value is -2.34. The van der Waals surface area contributed by atoms with Crippen LogP contribution in [0, 0.1) is 12.7 Å². The molecule has 0 N–H and O–H groups in total. The van der Waals surface area contributed by atoms with E-state index in [9.17, 15) is 9.18 Å². The number of nitrogens with zero attached hydrogens (tertiary/aromatic N) is 1. The van der Waals surface area contributed by atoms with E-state index >= 15 is 0 Å². The van der Waals surface area contributed by atoms with Gasteiger partial charge in [-0.05, 0) is 42.8 Å². The first-order chi connectivity index (χ1) is 11.5. The summed E-state index contributed by atoms with van der Waals surface area (Å²) in [5, 5.41) is 0.857. The van der Waals surface area contributed by atoms with Crippen molar-refractivity contribution >= 4 is 32.6 Å². The number of benzene rings is 2. The minimum absolute atomic E-state index is 0.229. The maximum atomic E-state index is 14.3. The van der Waals surface area contributed by atoms with Gasteiger partial charge in [-0.3, -0.25) is 0 Å². The Bertz CT molecular complexity index is 1020. The van der Waals surface area contributed by atoms with Gasteiger partial charge in [-0.2, -0.15) is 0 Å². The summed E-state index contributed by atoms with van der Waals surface area (Å²) < 4.78 is 26.1. The number of rotatable bonds is 1. The second kappa shape index (κ2) is 5.63. The fraction of sp³-hybridized carbons (Fsp3) is 0.167. The van der Waals surface area contributed by atoms with Crippen LogP contribution < -0.4 is 15.3 Å². The predicted molar refractivity (Wildman–Crippen MR) is 93.0 cm³/mol. The minimum Gasteiger partial charge on any atom is -0.473 e. The molecule has 2 aromatic carbocycles. The standard InChI is InChI=1S/C18H13BrFNO3/c1-10-6-17(22)24-18-12(10)3-5-16-13(18)8-21(9-23-16)15-4-2-11(19)7-14(15)20/h2-7H,8-9H2,1H3. The zero-order valence-electron chi connectivity index (χ0n) is 12.8. The molecule has 4 rings (SSSR count). The first kappa shape index (κ1) is 15.2. The first-order valence-electron chi connectivity index (χ1n) is 7.42.